The summed E-state index contributed by atoms with van der Waals surface area (Å²) in [5, 5.41) is 8.89. The van der Waals surface area contributed by atoms with E-state index >= 15 is 0 Å². The zero-order valence-electron chi connectivity index (χ0n) is 8.26. The van der Waals surface area contributed by atoms with Gasteiger partial charge in [-0.05, 0) is 12.1 Å². The van der Waals surface area contributed by atoms with Gasteiger partial charge in [-0.3, -0.25) is 0 Å². The van der Waals surface area contributed by atoms with Crippen LogP contribution in [0.25, 0.3) is 0 Å². The fourth-order valence-electron chi connectivity index (χ4n) is 1.63. The highest BCUT2D eigenvalue weighted by atomic mass is 16.6. The summed E-state index contributed by atoms with van der Waals surface area (Å²) in [7, 11) is 0. The van der Waals surface area contributed by atoms with E-state index in [1.807, 2.05) is 0 Å². The highest BCUT2D eigenvalue weighted by Crippen LogP contribution is 2.08. The van der Waals surface area contributed by atoms with Gasteiger partial charge in [-0.25, -0.2) is 4.79 Å². The van der Waals surface area contributed by atoms with Crippen molar-refractivity contribution >= 4 is 5.97 Å². The summed E-state index contributed by atoms with van der Waals surface area (Å²) in [5.74, 6) is -0.920. The lowest BCUT2D eigenvalue weighted by Gasteiger charge is -2.23. The summed E-state index contributed by atoms with van der Waals surface area (Å²) in [6.45, 7) is 2.24. The number of carboxylic acid groups (broad SMARTS) is 1. The zero-order valence-corrected chi connectivity index (χ0v) is 8.26. The monoisotopic (exact) mass is 211 g/mol. The smallest absolute Gasteiger partial charge is 0.352 e. The van der Waals surface area contributed by atoms with Crippen molar-refractivity contribution in [3.8, 4) is 0 Å². The molecule has 0 aliphatic carbocycles. The minimum atomic E-state index is -0.920. The molecule has 2 rings (SSSR count). The van der Waals surface area contributed by atoms with Crippen LogP contribution in [0.4, 0.5) is 0 Å². The van der Waals surface area contributed by atoms with Gasteiger partial charge in [0.25, 0.3) is 0 Å². The Hall–Kier alpha value is -1.33. The lowest BCUT2D eigenvalue weighted by molar-refractivity contribution is -0.0937. The van der Waals surface area contributed by atoms with E-state index in [2.05, 4.69) is 0 Å². The van der Waals surface area contributed by atoms with Crippen LogP contribution in [0.3, 0.4) is 0 Å². The fraction of sp³-hybridized carbons (Fsp3) is 0.500. The Kier molecular flexibility index (Phi) is 3.03. The quantitative estimate of drug-likeness (QED) is 0.795. The van der Waals surface area contributed by atoms with Crippen molar-refractivity contribution in [2.24, 2.45) is 0 Å². The lowest BCUT2D eigenvalue weighted by Crippen LogP contribution is -2.32. The topological polar surface area (TPSA) is 60.7 Å². The van der Waals surface area contributed by atoms with E-state index < -0.39 is 5.97 Å². The van der Waals surface area contributed by atoms with Gasteiger partial charge in [-0.2, -0.15) is 0 Å². The van der Waals surface area contributed by atoms with Crippen LogP contribution in [0.5, 0.6) is 0 Å². The van der Waals surface area contributed by atoms with Crippen molar-refractivity contribution < 1.29 is 19.4 Å². The number of carbonyl (C=O) groups is 1. The second-order valence-corrected chi connectivity index (χ2v) is 3.42. The second-order valence-electron chi connectivity index (χ2n) is 3.42. The van der Waals surface area contributed by atoms with Crippen LogP contribution < -0.4 is 0 Å². The predicted octanol–water partition coefficient (Wildman–Crippen LogP) is 0.602. The van der Waals surface area contributed by atoms with Crippen LogP contribution in [-0.2, 0) is 16.0 Å². The SMILES string of the molecule is O=C(O)c1cccn1CC1COCCO1. The van der Waals surface area contributed by atoms with Gasteiger partial charge in [0.1, 0.15) is 5.69 Å². The Morgan fingerprint density at radius 1 is 1.60 bits per heavy atom. The van der Waals surface area contributed by atoms with Gasteiger partial charge in [-0.15, -0.1) is 0 Å². The average molecular weight is 211 g/mol. The Balaban J connectivity index is 2.03. The van der Waals surface area contributed by atoms with Crippen LogP contribution in [-0.4, -0.2) is 41.6 Å². The highest BCUT2D eigenvalue weighted by Gasteiger charge is 2.17. The largest absolute Gasteiger partial charge is 0.477 e. The summed E-state index contributed by atoms with van der Waals surface area (Å²) in [5.41, 5.74) is 0.282. The van der Waals surface area contributed by atoms with Crippen molar-refractivity contribution in [2.75, 3.05) is 19.8 Å². The van der Waals surface area contributed by atoms with E-state index in [-0.39, 0.29) is 11.8 Å². The Labute approximate surface area is 87.2 Å². The van der Waals surface area contributed by atoms with Crippen molar-refractivity contribution in [3.05, 3.63) is 24.0 Å². The van der Waals surface area contributed by atoms with Crippen molar-refractivity contribution in [1.82, 2.24) is 4.57 Å². The molecule has 1 aliphatic rings. The predicted molar refractivity (Wildman–Crippen MR) is 52.0 cm³/mol. The molecule has 1 aliphatic heterocycles. The van der Waals surface area contributed by atoms with Gasteiger partial charge in [0.15, 0.2) is 0 Å². The maximum atomic E-state index is 10.8. The van der Waals surface area contributed by atoms with Crippen LogP contribution >= 0.6 is 0 Å². The van der Waals surface area contributed by atoms with Crippen LogP contribution in [0.2, 0.25) is 0 Å². The molecule has 15 heavy (non-hydrogen) atoms. The molecule has 5 heteroatoms. The molecule has 5 nitrogen and oxygen atoms in total. The van der Waals surface area contributed by atoms with Crippen molar-refractivity contribution in [2.45, 2.75) is 12.6 Å². The molecule has 0 spiro atoms. The molecule has 0 aromatic carbocycles. The van der Waals surface area contributed by atoms with Gasteiger partial charge in [-0.1, -0.05) is 0 Å². The van der Waals surface area contributed by atoms with Crippen molar-refractivity contribution in [3.63, 3.8) is 0 Å². The summed E-state index contributed by atoms with van der Waals surface area (Å²) >= 11 is 0. The number of hydrogen-bond acceptors (Lipinski definition) is 3. The molecule has 1 fully saturated rings. The van der Waals surface area contributed by atoms with Crippen molar-refractivity contribution in [1.29, 1.82) is 0 Å². The summed E-state index contributed by atoms with van der Waals surface area (Å²) in [6.07, 6.45) is 1.69. The van der Waals surface area contributed by atoms with E-state index in [1.54, 1.807) is 22.9 Å². The molecule has 1 aromatic heterocycles. The molecular weight excluding hydrogens is 198 g/mol. The Morgan fingerprint density at radius 3 is 3.13 bits per heavy atom. The molecule has 82 valence electrons. The van der Waals surface area contributed by atoms with Gasteiger partial charge < -0.3 is 19.1 Å². The first-order valence-corrected chi connectivity index (χ1v) is 4.85. The van der Waals surface area contributed by atoms with Crippen LogP contribution in [0, 0.1) is 0 Å². The molecule has 0 saturated carbocycles. The van der Waals surface area contributed by atoms with Gasteiger partial charge in [0.2, 0.25) is 0 Å². The van der Waals surface area contributed by atoms with Gasteiger partial charge in [0, 0.05) is 6.20 Å². The third-order valence-corrected chi connectivity index (χ3v) is 2.33. The number of carboxylic acids is 1. The number of ether oxygens (including phenoxy) is 2. The average Bonchev–Trinajstić information content (AvgIpc) is 2.67. The van der Waals surface area contributed by atoms with E-state index in [9.17, 15) is 4.79 Å². The Morgan fingerprint density at radius 2 is 2.47 bits per heavy atom. The van der Waals surface area contributed by atoms with Gasteiger partial charge >= 0.3 is 5.97 Å². The minimum Gasteiger partial charge on any atom is -0.477 e. The van der Waals surface area contributed by atoms with Crippen LogP contribution in [0.15, 0.2) is 18.3 Å². The standard InChI is InChI=1S/C10H13NO4/c12-10(13)9-2-1-3-11(9)6-8-7-14-4-5-15-8/h1-3,8H,4-7H2,(H,12,13). The maximum absolute atomic E-state index is 10.8. The van der Waals surface area contributed by atoms with Crippen LogP contribution in [0.1, 0.15) is 10.5 Å². The fourth-order valence-corrected chi connectivity index (χ4v) is 1.63. The zero-order chi connectivity index (χ0) is 10.7. The number of aromatic carboxylic acids is 1. The maximum Gasteiger partial charge on any atom is 0.352 e. The molecule has 1 N–H and O–H groups in total. The van der Waals surface area contributed by atoms with Gasteiger partial charge in [0.05, 0.1) is 32.5 Å². The summed E-state index contributed by atoms with van der Waals surface area (Å²) in [6, 6.07) is 3.29. The van der Waals surface area contributed by atoms with E-state index in [4.69, 9.17) is 14.6 Å². The van der Waals surface area contributed by atoms with E-state index in [1.165, 1.54) is 0 Å². The first-order chi connectivity index (χ1) is 7.27. The number of aromatic nitrogens is 1. The third kappa shape index (κ3) is 2.37. The molecule has 0 amide bonds. The van der Waals surface area contributed by atoms with E-state index in [0.717, 1.165) is 0 Å². The number of nitrogens with zero attached hydrogens (tertiary/aromatic N) is 1. The number of hydrogen-bond donors (Lipinski definition) is 1. The normalized spacial score (nSPS) is 21.5. The lowest BCUT2D eigenvalue weighted by atomic mass is 10.3. The first kappa shape index (κ1) is 10.2. The molecule has 1 unspecified atom stereocenters. The molecule has 1 aromatic rings. The Bertz CT molecular complexity index is 341. The highest BCUT2D eigenvalue weighted by molar-refractivity contribution is 5.85. The molecule has 0 bridgehead atoms. The summed E-state index contributed by atoms with van der Waals surface area (Å²) < 4.78 is 12.4. The third-order valence-electron chi connectivity index (χ3n) is 2.33. The first-order valence-electron chi connectivity index (χ1n) is 4.85. The molecular formula is C10H13NO4. The molecule has 2 heterocycles. The summed E-state index contributed by atoms with van der Waals surface area (Å²) in [4.78, 5) is 10.8. The molecule has 0 radical (unpaired) electrons. The molecule has 1 saturated heterocycles. The van der Waals surface area contributed by atoms with E-state index in [0.29, 0.717) is 26.4 Å². The minimum absolute atomic E-state index is 0.0516. The number of rotatable bonds is 3. The second kappa shape index (κ2) is 4.46. The molecule has 1 atom stereocenters.